The number of nitrogens with zero attached hydrogens (tertiary/aromatic N) is 2. The van der Waals surface area contributed by atoms with Crippen molar-refractivity contribution in [1.29, 1.82) is 0 Å². The van der Waals surface area contributed by atoms with Crippen LogP contribution >= 0.6 is 0 Å². The van der Waals surface area contributed by atoms with E-state index in [0.717, 1.165) is 58.5 Å². The minimum absolute atomic E-state index is 0.129. The maximum atomic E-state index is 11.8. The van der Waals surface area contributed by atoms with Gasteiger partial charge in [-0.3, -0.25) is 0 Å². The van der Waals surface area contributed by atoms with Crippen molar-refractivity contribution in [2.45, 2.75) is 64.7 Å². The summed E-state index contributed by atoms with van der Waals surface area (Å²) in [5.74, 6) is 0.377. The minimum atomic E-state index is -0.441. The van der Waals surface area contributed by atoms with Crippen LogP contribution in [-0.4, -0.2) is 78.0 Å². The Labute approximate surface area is 146 Å². The fourth-order valence-corrected chi connectivity index (χ4v) is 3.48. The van der Waals surface area contributed by atoms with Gasteiger partial charge in [-0.1, -0.05) is 6.92 Å². The van der Waals surface area contributed by atoms with Gasteiger partial charge < -0.3 is 25.0 Å². The summed E-state index contributed by atoms with van der Waals surface area (Å²) in [5.41, 5.74) is -0.441. The lowest BCUT2D eigenvalue weighted by Gasteiger charge is -2.37. The van der Waals surface area contributed by atoms with Crippen molar-refractivity contribution >= 4 is 6.09 Å². The number of aliphatic hydroxyl groups excluding tert-OH is 1. The summed E-state index contributed by atoms with van der Waals surface area (Å²) in [4.78, 5) is 16.8. The lowest BCUT2D eigenvalue weighted by atomic mass is 9.97. The van der Waals surface area contributed by atoms with Crippen molar-refractivity contribution in [3.05, 3.63) is 0 Å². The number of alkyl carbamates (subject to hydrolysis) is 1. The van der Waals surface area contributed by atoms with Crippen LogP contribution in [0.15, 0.2) is 0 Å². The van der Waals surface area contributed by atoms with Crippen LogP contribution in [-0.2, 0) is 4.74 Å². The van der Waals surface area contributed by atoms with Crippen molar-refractivity contribution in [2.24, 2.45) is 5.92 Å². The Balaban J connectivity index is 1.62. The molecule has 0 aliphatic carbocycles. The molecule has 0 aromatic heterocycles. The highest BCUT2D eigenvalue weighted by Gasteiger charge is 2.26. The normalized spacial score (nSPS) is 27.9. The maximum Gasteiger partial charge on any atom is 0.407 e. The molecule has 2 saturated heterocycles. The third-order valence-electron chi connectivity index (χ3n) is 4.99. The first kappa shape index (κ1) is 19.5. The molecule has 0 bridgehead atoms. The van der Waals surface area contributed by atoms with Crippen LogP contribution in [0.4, 0.5) is 4.79 Å². The predicted molar refractivity (Wildman–Crippen MR) is 95.1 cm³/mol. The molecule has 2 aliphatic rings. The van der Waals surface area contributed by atoms with Crippen LogP contribution in [0.2, 0.25) is 0 Å². The van der Waals surface area contributed by atoms with E-state index in [4.69, 9.17) is 4.74 Å². The Morgan fingerprint density at radius 2 is 1.71 bits per heavy atom. The van der Waals surface area contributed by atoms with Gasteiger partial charge in [0.05, 0.1) is 6.10 Å². The largest absolute Gasteiger partial charge is 0.444 e. The molecule has 2 unspecified atom stereocenters. The smallest absolute Gasteiger partial charge is 0.407 e. The Morgan fingerprint density at radius 3 is 2.29 bits per heavy atom. The first-order valence-corrected chi connectivity index (χ1v) is 9.35. The Hall–Kier alpha value is -0.850. The van der Waals surface area contributed by atoms with Crippen LogP contribution in [0.1, 0.15) is 47.0 Å². The van der Waals surface area contributed by atoms with Gasteiger partial charge in [-0.25, -0.2) is 4.79 Å². The number of nitrogens with one attached hydrogen (secondary N) is 1. The molecule has 2 aliphatic heterocycles. The second-order valence-corrected chi connectivity index (χ2v) is 8.40. The maximum absolute atomic E-state index is 11.8. The van der Waals surface area contributed by atoms with Gasteiger partial charge in [0.1, 0.15) is 5.60 Å². The number of piperidine rings is 2. The molecule has 1 amide bonds. The molecule has 2 N–H and O–H groups in total. The first-order valence-electron chi connectivity index (χ1n) is 9.35. The molecule has 140 valence electrons. The SMILES string of the molecule is CC1CN(CCN2CCC(NC(=O)OC(C)(C)C)CC2)CCC1O. The fourth-order valence-electron chi connectivity index (χ4n) is 3.48. The molecule has 2 heterocycles. The van der Waals surface area contributed by atoms with Crippen LogP contribution in [0, 0.1) is 5.92 Å². The lowest BCUT2D eigenvalue weighted by Crippen LogP contribution is -2.49. The van der Waals surface area contributed by atoms with E-state index in [0.29, 0.717) is 5.92 Å². The molecular formula is C18H35N3O3. The van der Waals surface area contributed by atoms with E-state index >= 15 is 0 Å². The second kappa shape index (κ2) is 8.50. The highest BCUT2D eigenvalue weighted by molar-refractivity contribution is 5.68. The highest BCUT2D eigenvalue weighted by Crippen LogP contribution is 2.17. The van der Waals surface area contributed by atoms with Gasteiger partial charge in [0, 0.05) is 45.3 Å². The number of hydrogen-bond donors (Lipinski definition) is 2. The molecule has 0 aromatic carbocycles. The van der Waals surface area contributed by atoms with Crippen LogP contribution in [0.25, 0.3) is 0 Å². The van der Waals surface area contributed by atoms with Gasteiger partial charge in [0.15, 0.2) is 0 Å². The summed E-state index contributed by atoms with van der Waals surface area (Å²) in [5, 5.41) is 12.8. The summed E-state index contributed by atoms with van der Waals surface area (Å²) < 4.78 is 5.32. The summed E-state index contributed by atoms with van der Waals surface area (Å²) >= 11 is 0. The van der Waals surface area contributed by atoms with Gasteiger partial charge in [-0.15, -0.1) is 0 Å². The third-order valence-corrected chi connectivity index (χ3v) is 4.99. The molecule has 2 fully saturated rings. The van der Waals surface area contributed by atoms with E-state index in [1.165, 1.54) is 0 Å². The molecule has 6 heteroatoms. The molecule has 6 nitrogen and oxygen atoms in total. The lowest BCUT2D eigenvalue weighted by molar-refractivity contribution is 0.0294. The van der Waals surface area contributed by atoms with Crippen molar-refractivity contribution in [3.8, 4) is 0 Å². The van der Waals surface area contributed by atoms with E-state index in [2.05, 4.69) is 22.0 Å². The summed E-state index contributed by atoms with van der Waals surface area (Å²) in [6.07, 6.45) is 2.42. The van der Waals surface area contributed by atoms with Crippen molar-refractivity contribution in [3.63, 3.8) is 0 Å². The predicted octanol–water partition coefficient (Wildman–Crippen LogP) is 1.68. The molecular weight excluding hydrogens is 306 g/mol. The molecule has 0 saturated carbocycles. The zero-order chi connectivity index (χ0) is 17.7. The van der Waals surface area contributed by atoms with E-state index in [1.54, 1.807) is 0 Å². The van der Waals surface area contributed by atoms with Crippen molar-refractivity contribution in [2.75, 3.05) is 39.3 Å². The van der Waals surface area contributed by atoms with Crippen molar-refractivity contribution in [1.82, 2.24) is 15.1 Å². The number of hydrogen-bond acceptors (Lipinski definition) is 5. The van der Waals surface area contributed by atoms with Gasteiger partial charge >= 0.3 is 6.09 Å². The summed E-state index contributed by atoms with van der Waals surface area (Å²) in [7, 11) is 0. The Bertz CT molecular complexity index is 403. The number of likely N-dealkylation sites (tertiary alicyclic amines) is 2. The number of carbonyl (C=O) groups is 1. The molecule has 24 heavy (non-hydrogen) atoms. The third kappa shape index (κ3) is 6.57. The summed E-state index contributed by atoms with van der Waals surface area (Å²) in [6.45, 7) is 14.0. The topological polar surface area (TPSA) is 65.0 Å². The quantitative estimate of drug-likeness (QED) is 0.814. The second-order valence-electron chi connectivity index (χ2n) is 8.40. The van der Waals surface area contributed by atoms with Crippen LogP contribution in [0.5, 0.6) is 0 Å². The standard InChI is InChI=1S/C18H35N3O3/c1-14-13-21(10-7-16(14)22)12-11-20-8-5-15(6-9-20)19-17(23)24-18(2,3)4/h14-16,22H,5-13H2,1-4H3,(H,19,23). The molecule has 0 radical (unpaired) electrons. The zero-order valence-electron chi connectivity index (χ0n) is 15.8. The molecule has 0 spiro atoms. The Kier molecular flexibility index (Phi) is 6.89. The first-order chi connectivity index (χ1) is 11.2. The molecule has 2 rings (SSSR count). The zero-order valence-corrected chi connectivity index (χ0v) is 15.8. The fraction of sp³-hybridized carbons (Fsp3) is 0.944. The van der Waals surface area contributed by atoms with E-state index < -0.39 is 5.60 Å². The van der Waals surface area contributed by atoms with Crippen LogP contribution in [0.3, 0.4) is 0 Å². The summed E-state index contributed by atoms with van der Waals surface area (Å²) in [6, 6.07) is 0.223. The highest BCUT2D eigenvalue weighted by atomic mass is 16.6. The van der Waals surface area contributed by atoms with Crippen LogP contribution < -0.4 is 5.32 Å². The van der Waals surface area contributed by atoms with Gasteiger partial charge in [-0.2, -0.15) is 0 Å². The number of aliphatic hydroxyl groups is 1. The van der Waals surface area contributed by atoms with Gasteiger partial charge in [-0.05, 0) is 46.0 Å². The number of carbonyl (C=O) groups excluding carboxylic acids is 1. The molecule has 0 aromatic rings. The monoisotopic (exact) mass is 341 g/mol. The van der Waals surface area contributed by atoms with Gasteiger partial charge in [0.2, 0.25) is 0 Å². The number of rotatable bonds is 4. The number of ether oxygens (including phenoxy) is 1. The minimum Gasteiger partial charge on any atom is -0.444 e. The average molecular weight is 341 g/mol. The van der Waals surface area contributed by atoms with Crippen molar-refractivity contribution < 1.29 is 14.6 Å². The van der Waals surface area contributed by atoms with E-state index in [-0.39, 0.29) is 18.2 Å². The van der Waals surface area contributed by atoms with E-state index in [1.807, 2.05) is 20.8 Å². The Morgan fingerprint density at radius 1 is 1.12 bits per heavy atom. The number of amides is 1. The van der Waals surface area contributed by atoms with E-state index in [9.17, 15) is 9.90 Å². The molecule has 2 atom stereocenters. The van der Waals surface area contributed by atoms with Gasteiger partial charge in [0.25, 0.3) is 0 Å². The average Bonchev–Trinajstić information content (AvgIpc) is 2.48.